The molecular formula is C22H21ClF2N6O2. The van der Waals surface area contributed by atoms with Crippen molar-refractivity contribution in [1.82, 2.24) is 25.5 Å². The molecule has 0 saturated heterocycles. The highest BCUT2D eigenvalue weighted by molar-refractivity contribution is 6.31. The molecule has 0 aliphatic heterocycles. The third kappa shape index (κ3) is 5.70. The van der Waals surface area contributed by atoms with Gasteiger partial charge in [0.1, 0.15) is 24.7 Å². The summed E-state index contributed by atoms with van der Waals surface area (Å²) >= 11 is 5.90. The summed E-state index contributed by atoms with van der Waals surface area (Å²) in [5.41, 5.74) is 0.806. The molecule has 33 heavy (non-hydrogen) atoms. The molecule has 0 unspecified atom stereocenters. The highest BCUT2D eigenvalue weighted by Crippen LogP contribution is 2.23. The molecule has 1 aliphatic carbocycles. The quantitative estimate of drug-likeness (QED) is 0.566. The lowest BCUT2D eigenvalue weighted by molar-refractivity contribution is -0.124. The largest absolute Gasteiger partial charge is 0.352 e. The summed E-state index contributed by atoms with van der Waals surface area (Å²) in [7, 11) is 0. The second kappa shape index (κ2) is 10.0. The van der Waals surface area contributed by atoms with Crippen LogP contribution >= 0.6 is 11.6 Å². The van der Waals surface area contributed by atoms with Gasteiger partial charge in [-0.25, -0.2) is 8.78 Å². The number of hydrogen-bond donors (Lipinski definition) is 1. The Labute approximate surface area is 193 Å². The van der Waals surface area contributed by atoms with E-state index in [0.29, 0.717) is 5.56 Å². The maximum Gasteiger partial charge on any atom is 0.251 e. The molecule has 0 atom stereocenters. The molecule has 0 bridgehead atoms. The van der Waals surface area contributed by atoms with Crippen molar-refractivity contribution in [1.29, 1.82) is 0 Å². The van der Waals surface area contributed by atoms with Gasteiger partial charge in [-0.1, -0.05) is 24.4 Å². The monoisotopic (exact) mass is 474 g/mol. The molecule has 2 amide bonds. The molecule has 2 aromatic carbocycles. The van der Waals surface area contributed by atoms with Gasteiger partial charge in [0, 0.05) is 17.3 Å². The Morgan fingerprint density at radius 1 is 1.12 bits per heavy atom. The fourth-order valence-electron chi connectivity index (χ4n) is 3.69. The zero-order valence-electron chi connectivity index (χ0n) is 17.5. The van der Waals surface area contributed by atoms with Crippen LogP contribution in [-0.4, -0.2) is 44.6 Å². The predicted molar refractivity (Wildman–Crippen MR) is 117 cm³/mol. The zero-order valence-corrected chi connectivity index (χ0v) is 18.3. The van der Waals surface area contributed by atoms with E-state index >= 15 is 0 Å². The Kier molecular flexibility index (Phi) is 6.93. The number of aromatic nitrogens is 4. The number of halogens is 3. The van der Waals surface area contributed by atoms with Crippen LogP contribution in [0.25, 0.3) is 11.4 Å². The van der Waals surface area contributed by atoms with Gasteiger partial charge in [-0.15, -0.1) is 10.2 Å². The lowest BCUT2D eigenvalue weighted by Gasteiger charge is -2.23. The average molecular weight is 475 g/mol. The van der Waals surface area contributed by atoms with Crippen molar-refractivity contribution < 1.29 is 18.4 Å². The minimum atomic E-state index is -0.634. The first kappa shape index (κ1) is 22.8. The summed E-state index contributed by atoms with van der Waals surface area (Å²) in [6.07, 6.45) is 3.90. The first-order chi connectivity index (χ1) is 15.9. The van der Waals surface area contributed by atoms with E-state index in [1.807, 2.05) is 0 Å². The van der Waals surface area contributed by atoms with E-state index in [4.69, 9.17) is 11.6 Å². The standard InChI is InChI=1S/C22H21ClF2N6O2/c23-18-11-17(9-10-19(18)25)30(12-20(32)26-16-3-1-2-4-16)21(33)13-31-28-22(27-29-31)14-5-7-15(24)8-6-14/h5-11,16H,1-4,12-13H2,(H,26,32). The average Bonchev–Trinajstić information content (AvgIpc) is 3.47. The van der Waals surface area contributed by atoms with Crippen LogP contribution in [0.2, 0.25) is 5.02 Å². The van der Waals surface area contributed by atoms with E-state index in [-0.39, 0.29) is 41.6 Å². The third-order valence-corrected chi connectivity index (χ3v) is 5.66. The van der Waals surface area contributed by atoms with Crippen LogP contribution in [0, 0.1) is 11.6 Å². The number of hydrogen-bond acceptors (Lipinski definition) is 5. The summed E-state index contributed by atoms with van der Waals surface area (Å²) in [5, 5.41) is 14.7. The summed E-state index contributed by atoms with van der Waals surface area (Å²) in [5.74, 6) is -1.65. The van der Waals surface area contributed by atoms with Gasteiger partial charge in [0.05, 0.1) is 5.02 Å². The maximum absolute atomic E-state index is 13.7. The SMILES string of the molecule is O=C(CN(C(=O)Cn1nnc(-c2ccc(F)cc2)n1)c1ccc(F)c(Cl)c1)NC1CCCC1. The Hall–Kier alpha value is -3.40. The number of benzene rings is 2. The summed E-state index contributed by atoms with van der Waals surface area (Å²) < 4.78 is 26.8. The number of amides is 2. The maximum atomic E-state index is 13.7. The van der Waals surface area contributed by atoms with Gasteiger partial charge in [-0.05, 0) is 60.5 Å². The van der Waals surface area contributed by atoms with Crippen molar-refractivity contribution in [2.75, 3.05) is 11.4 Å². The van der Waals surface area contributed by atoms with Crippen molar-refractivity contribution in [2.24, 2.45) is 0 Å². The molecule has 0 spiro atoms. The summed E-state index contributed by atoms with van der Waals surface area (Å²) in [6, 6.07) is 9.41. The van der Waals surface area contributed by atoms with Gasteiger partial charge < -0.3 is 10.2 Å². The second-order valence-corrected chi connectivity index (χ2v) is 8.18. The predicted octanol–water partition coefficient (Wildman–Crippen LogP) is 3.36. The number of carbonyl (C=O) groups excluding carboxylic acids is 2. The number of anilines is 1. The van der Waals surface area contributed by atoms with Crippen molar-refractivity contribution in [2.45, 2.75) is 38.3 Å². The normalized spacial score (nSPS) is 13.8. The number of tetrazole rings is 1. The molecular weight excluding hydrogens is 454 g/mol. The van der Waals surface area contributed by atoms with Gasteiger partial charge in [0.25, 0.3) is 5.91 Å². The van der Waals surface area contributed by atoms with Crippen molar-refractivity contribution in [3.63, 3.8) is 0 Å². The van der Waals surface area contributed by atoms with Crippen LogP contribution in [0.4, 0.5) is 14.5 Å². The molecule has 0 radical (unpaired) electrons. The van der Waals surface area contributed by atoms with E-state index in [2.05, 4.69) is 20.7 Å². The van der Waals surface area contributed by atoms with Crippen molar-refractivity contribution in [3.05, 3.63) is 59.1 Å². The van der Waals surface area contributed by atoms with Gasteiger partial charge >= 0.3 is 0 Å². The first-order valence-corrected chi connectivity index (χ1v) is 10.9. The molecule has 4 rings (SSSR count). The van der Waals surface area contributed by atoms with E-state index in [0.717, 1.165) is 36.5 Å². The Bertz CT molecular complexity index is 1150. The first-order valence-electron chi connectivity index (χ1n) is 10.5. The number of nitrogens with one attached hydrogen (secondary N) is 1. The molecule has 1 saturated carbocycles. The molecule has 1 fully saturated rings. The third-order valence-electron chi connectivity index (χ3n) is 5.37. The van der Waals surface area contributed by atoms with Gasteiger partial charge in [0.15, 0.2) is 0 Å². The molecule has 3 aromatic rings. The van der Waals surface area contributed by atoms with Gasteiger partial charge in [-0.3, -0.25) is 9.59 Å². The molecule has 1 aliphatic rings. The van der Waals surface area contributed by atoms with Crippen LogP contribution in [0.15, 0.2) is 42.5 Å². The van der Waals surface area contributed by atoms with Crippen LogP contribution in [0.5, 0.6) is 0 Å². The fraction of sp³-hybridized carbons (Fsp3) is 0.318. The Morgan fingerprint density at radius 3 is 2.55 bits per heavy atom. The summed E-state index contributed by atoms with van der Waals surface area (Å²) in [6.45, 7) is -0.587. The second-order valence-electron chi connectivity index (χ2n) is 7.78. The lowest BCUT2D eigenvalue weighted by atomic mass is 10.2. The van der Waals surface area contributed by atoms with Crippen molar-refractivity contribution >= 4 is 29.1 Å². The molecule has 1 heterocycles. The number of carbonyl (C=O) groups is 2. The lowest BCUT2D eigenvalue weighted by Crippen LogP contribution is -2.45. The highest BCUT2D eigenvalue weighted by atomic mass is 35.5. The van der Waals surface area contributed by atoms with Crippen LogP contribution < -0.4 is 10.2 Å². The minimum absolute atomic E-state index is 0.0847. The van der Waals surface area contributed by atoms with Gasteiger partial charge in [0.2, 0.25) is 11.7 Å². The molecule has 11 heteroatoms. The number of rotatable bonds is 7. The topological polar surface area (TPSA) is 93.0 Å². The molecule has 1 N–H and O–H groups in total. The molecule has 8 nitrogen and oxygen atoms in total. The van der Waals surface area contributed by atoms with E-state index < -0.39 is 17.5 Å². The van der Waals surface area contributed by atoms with Crippen LogP contribution in [0.3, 0.4) is 0 Å². The Balaban J connectivity index is 1.51. The minimum Gasteiger partial charge on any atom is -0.352 e. The zero-order chi connectivity index (χ0) is 23.4. The van der Waals surface area contributed by atoms with Crippen molar-refractivity contribution in [3.8, 4) is 11.4 Å². The molecule has 1 aromatic heterocycles. The van der Waals surface area contributed by atoms with Gasteiger partial charge in [-0.2, -0.15) is 4.80 Å². The summed E-state index contributed by atoms with van der Waals surface area (Å²) in [4.78, 5) is 28.0. The number of nitrogens with zero attached hydrogens (tertiary/aromatic N) is 5. The van der Waals surface area contributed by atoms with E-state index in [1.165, 1.54) is 41.3 Å². The molecule has 172 valence electrons. The van der Waals surface area contributed by atoms with Crippen LogP contribution in [0.1, 0.15) is 25.7 Å². The fourth-order valence-corrected chi connectivity index (χ4v) is 3.87. The highest BCUT2D eigenvalue weighted by Gasteiger charge is 2.24. The van der Waals surface area contributed by atoms with E-state index in [9.17, 15) is 18.4 Å². The van der Waals surface area contributed by atoms with E-state index in [1.54, 1.807) is 0 Å². The Morgan fingerprint density at radius 2 is 1.85 bits per heavy atom. The van der Waals surface area contributed by atoms with Crippen LogP contribution in [-0.2, 0) is 16.1 Å². The smallest absolute Gasteiger partial charge is 0.251 e.